The fourth-order valence-electron chi connectivity index (χ4n) is 0.342. The first-order valence-corrected chi connectivity index (χ1v) is 4.68. The van der Waals surface area contributed by atoms with E-state index in [4.69, 9.17) is 0 Å². The summed E-state index contributed by atoms with van der Waals surface area (Å²) >= 11 is 0. The Morgan fingerprint density at radius 1 is 1.27 bits per heavy atom. The van der Waals surface area contributed by atoms with E-state index in [-0.39, 0.29) is 0 Å². The number of nitrogens with one attached hydrogen (secondary N) is 1. The number of carbonyl (C=O) groups excluding carboxylic acids is 1. The zero-order valence-corrected chi connectivity index (χ0v) is 7.95. The van der Waals surface area contributed by atoms with E-state index in [1.807, 2.05) is 4.72 Å². The molecule has 0 aromatic rings. The highest BCUT2D eigenvalue weighted by Gasteiger charge is 2.29. The smallest absolute Gasteiger partial charge is 0.239 e. The fraction of sp³-hybridized carbons (Fsp3) is 0.833. The van der Waals surface area contributed by atoms with Crippen molar-refractivity contribution in [3.63, 3.8) is 0 Å². The molecule has 0 saturated heterocycles. The molecule has 0 saturated carbocycles. The molecular weight excluding hydrogens is 166 g/mol. The van der Waals surface area contributed by atoms with Gasteiger partial charge >= 0.3 is 0 Å². The Balaban J connectivity index is 4.64. The third-order valence-corrected chi connectivity index (χ3v) is 3.25. The summed E-state index contributed by atoms with van der Waals surface area (Å²) in [5.41, 5.74) is 0. The third kappa shape index (κ3) is 2.88. The molecule has 0 unspecified atom stereocenters. The van der Waals surface area contributed by atoms with Crippen LogP contribution in [0.25, 0.3) is 0 Å². The van der Waals surface area contributed by atoms with Gasteiger partial charge in [0.05, 0.1) is 4.75 Å². The van der Waals surface area contributed by atoms with Gasteiger partial charge in [-0.05, 0) is 20.8 Å². The second-order valence-corrected chi connectivity index (χ2v) is 5.71. The lowest BCUT2D eigenvalue weighted by Gasteiger charge is -2.18. The zero-order valence-electron chi connectivity index (χ0n) is 7.13. The van der Waals surface area contributed by atoms with Crippen LogP contribution in [0.4, 0.5) is 0 Å². The van der Waals surface area contributed by atoms with Gasteiger partial charge in [0.25, 0.3) is 0 Å². The molecule has 0 heterocycles. The standard InChI is InChI=1S/C6H13NO3S/c1-5(8)7-11(9,10)6(2,3)4/h1-4H3,(H,7,8). The van der Waals surface area contributed by atoms with Crippen molar-refractivity contribution in [2.24, 2.45) is 0 Å². The average molecular weight is 179 g/mol. The lowest BCUT2D eigenvalue weighted by Crippen LogP contribution is -2.41. The van der Waals surface area contributed by atoms with Crippen LogP contribution >= 0.6 is 0 Å². The highest BCUT2D eigenvalue weighted by Crippen LogP contribution is 2.12. The van der Waals surface area contributed by atoms with E-state index < -0.39 is 20.7 Å². The lowest BCUT2D eigenvalue weighted by molar-refractivity contribution is -0.117. The predicted octanol–water partition coefficient (Wildman–Crippen LogP) is 0.251. The van der Waals surface area contributed by atoms with E-state index >= 15 is 0 Å². The molecule has 4 nitrogen and oxygen atoms in total. The maximum absolute atomic E-state index is 11.1. The van der Waals surface area contributed by atoms with Crippen LogP contribution in [0.1, 0.15) is 27.7 Å². The number of rotatable bonds is 1. The fourth-order valence-corrected chi connectivity index (χ4v) is 1.03. The first-order valence-electron chi connectivity index (χ1n) is 3.20. The van der Waals surface area contributed by atoms with E-state index in [2.05, 4.69) is 0 Å². The Bertz CT molecular complexity index is 247. The van der Waals surface area contributed by atoms with Gasteiger partial charge < -0.3 is 0 Å². The molecule has 11 heavy (non-hydrogen) atoms. The quantitative estimate of drug-likeness (QED) is 0.627. The minimum absolute atomic E-state index is 0.556. The molecule has 0 rings (SSSR count). The summed E-state index contributed by atoms with van der Waals surface area (Å²) in [7, 11) is -3.50. The molecule has 0 aliphatic rings. The topological polar surface area (TPSA) is 63.2 Å². The van der Waals surface area contributed by atoms with Gasteiger partial charge in [0.2, 0.25) is 15.9 Å². The second-order valence-electron chi connectivity index (χ2n) is 3.27. The van der Waals surface area contributed by atoms with Gasteiger partial charge in [-0.25, -0.2) is 8.42 Å². The van der Waals surface area contributed by atoms with E-state index in [0.29, 0.717) is 0 Å². The molecule has 5 heteroatoms. The van der Waals surface area contributed by atoms with Crippen molar-refractivity contribution in [1.29, 1.82) is 0 Å². The Labute approximate surface area is 67.0 Å². The Morgan fingerprint density at radius 3 is 1.73 bits per heavy atom. The van der Waals surface area contributed by atoms with Crippen molar-refractivity contribution >= 4 is 15.9 Å². The average Bonchev–Trinajstić information content (AvgIpc) is 1.56. The predicted molar refractivity (Wildman–Crippen MR) is 42.5 cm³/mol. The highest BCUT2D eigenvalue weighted by molar-refractivity contribution is 7.91. The van der Waals surface area contributed by atoms with Gasteiger partial charge in [0, 0.05) is 6.92 Å². The number of sulfonamides is 1. The third-order valence-electron chi connectivity index (χ3n) is 1.08. The van der Waals surface area contributed by atoms with Gasteiger partial charge in [-0.2, -0.15) is 0 Å². The van der Waals surface area contributed by atoms with Crippen LogP contribution in [-0.4, -0.2) is 19.1 Å². The second kappa shape index (κ2) is 2.81. The minimum Gasteiger partial charge on any atom is -0.274 e. The number of amides is 1. The van der Waals surface area contributed by atoms with Gasteiger partial charge in [-0.1, -0.05) is 0 Å². The summed E-state index contributed by atoms with van der Waals surface area (Å²) in [4.78, 5) is 10.4. The first-order chi connectivity index (χ1) is 4.67. The van der Waals surface area contributed by atoms with Crippen molar-refractivity contribution in [3.8, 4) is 0 Å². The molecule has 0 atom stereocenters. The molecule has 0 fully saturated rings. The highest BCUT2D eigenvalue weighted by atomic mass is 32.2. The molecule has 0 aliphatic heterocycles. The van der Waals surface area contributed by atoms with Gasteiger partial charge in [-0.15, -0.1) is 0 Å². The molecule has 0 radical (unpaired) electrons. The SMILES string of the molecule is CC(=O)NS(=O)(=O)C(C)(C)C. The van der Waals surface area contributed by atoms with Gasteiger partial charge in [-0.3, -0.25) is 9.52 Å². The molecule has 0 bridgehead atoms. The van der Waals surface area contributed by atoms with Crippen molar-refractivity contribution in [3.05, 3.63) is 0 Å². The molecule has 0 aliphatic carbocycles. The van der Waals surface area contributed by atoms with Crippen molar-refractivity contribution in [2.75, 3.05) is 0 Å². The summed E-state index contributed by atoms with van der Waals surface area (Å²) in [6.07, 6.45) is 0. The van der Waals surface area contributed by atoms with Crippen LogP contribution in [0, 0.1) is 0 Å². The maximum atomic E-state index is 11.1. The van der Waals surface area contributed by atoms with Crippen molar-refractivity contribution in [2.45, 2.75) is 32.4 Å². The Kier molecular flexibility index (Phi) is 2.66. The maximum Gasteiger partial charge on any atom is 0.239 e. The number of carbonyl (C=O) groups is 1. The van der Waals surface area contributed by atoms with Crippen molar-refractivity contribution in [1.82, 2.24) is 4.72 Å². The number of hydrogen-bond donors (Lipinski definition) is 1. The van der Waals surface area contributed by atoms with Crippen LogP contribution in [0.15, 0.2) is 0 Å². The van der Waals surface area contributed by atoms with Gasteiger partial charge in [0.1, 0.15) is 0 Å². The monoisotopic (exact) mass is 179 g/mol. The lowest BCUT2D eigenvalue weighted by atomic mass is 10.3. The van der Waals surface area contributed by atoms with Crippen molar-refractivity contribution < 1.29 is 13.2 Å². The minimum atomic E-state index is -3.50. The Morgan fingerprint density at radius 2 is 1.64 bits per heavy atom. The largest absolute Gasteiger partial charge is 0.274 e. The Hall–Kier alpha value is -0.580. The molecule has 1 N–H and O–H groups in total. The molecule has 0 aromatic heterocycles. The van der Waals surface area contributed by atoms with E-state index in [1.54, 1.807) is 0 Å². The molecule has 0 aromatic carbocycles. The van der Waals surface area contributed by atoms with Crippen LogP contribution in [-0.2, 0) is 14.8 Å². The van der Waals surface area contributed by atoms with Gasteiger partial charge in [0.15, 0.2) is 0 Å². The van der Waals surface area contributed by atoms with E-state index in [9.17, 15) is 13.2 Å². The van der Waals surface area contributed by atoms with E-state index in [0.717, 1.165) is 0 Å². The molecular formula is C6H13NO3S. The molecule has 66 valence electrons. The van der Waals surface area contributed by atoms with E-state index in [1.165, 1.54) is 27.7 Å². The molecule has 1 amide bonds. The van der Waals surface area contributed by atoms with Crippen LogP contribution in [0.3, 0.4) is 0 Å². The number of hydrogen-bond acceptors (Lipinski definition) is 3. The summed E-state index contributed by atoms with van der Waals surface area (Å²) in [6.45, 7) is 5.75. The molecule has 0 spiro atoms. The summed E-state index contributed by atoms with van der Waals surface area (Å²) < 4.78 is 23.2. The van der Waals surface area contributed by atoms with Crippen LogP contribution < -0.4 is 4.72 Å². The zero-order chi connectivity index (χ0) is 9.28. The summed E-state index contributed by atoms with van der Waals surface area (Å²) in [6, 6.07) is 0. The van der Waals surface area contributed by atoms with Crippen LogP contribution in [0.2, 0.25) is 0 Å². The normalized spacial score (nSPS) is 12.7. The summed E-state index contributed by atoms with van der Waals surface area (Å²) in [5, 5.41) is 0. The first kappa shape index (κ1) is 10.4. The van der Waals surface area contributed by atoms with Crippen LogP contribution in [0.5, 0.6) is 0 Å². The summed E-state index contributed by atoms with van der Waals surface area (Å²) in [5.74, 6) is -0.556.